The molecule has 0 aromatic rings. The normalized spacial score (nSPS) is 37.0. The van der Waals surface area contributed by atoms with E-state index in [9.17, 15) is 0 Å². The van der Waals surface area contributed by atoms with Gasteiger partial charge in [-0.05, 0) is 38.4 Å². The van der Waals surface area contributed by atoms with Crippen molar-refractivity contribution >= 4 is 11.8 Å². The van der Waals surface area contributed by atoms with Crippen LogP contribution in [0.4, 0.5) is 0 Å². The monoisotopic (exact) mass is 229 g/mol. The lowest BCUT2D eigenvalue weighted by molar-refractivity contribution is 0.0156. The van der Waals surface area contributed by atoms with Crippen LogP contribution in [0.1, 0.15) is 38.5 Å². The van der Waals surface area contributed by atoms with Crippen LogP contribution >= 0.6 is 11.8 Å². The molecule has 0 radical (unpaired) electrons. The summed E-state index contributed by atoms with van der Waals surface area (Å²) in [7, 11) is 0. The first kappa shape index (κ1) is 11.7. The molecule has 1 aliphatic carbocycles. The van der Waals surface area contributed by atoms with Gasteiger partial charge < -0.3 is 10.1 Å². The van der Waals surface area contributed by atoms with Gasteiger partial charge >= 0.3 is 0 Å². The van der Waals surface area contributed by atoms with Gasteiger partial charge in [0, 0.05) is 24.4 Å². The van der Waals surface area contributed by atoms with Gasteiger partial charge in [-0.25, -0.2) is 0 Å². The number of rotatable bonds is 4. The van der Waals surface area contributed by atoms with Gasteiger partial charge in [-0.2, -0.15) is 11.8 Å². The molecule has 0 spiro atoms. The van der Waals surface area contributed by atoms with E-state index in [1.165, 1.54) is 38.5 Å². The second-order valence-corrected chi connectivity index (χ2v) is 5.79. The molecule has 88 valence electrons. The van der Waals surface area contributed by atoms with Gasteiger partial charge in [0.05, 0.1) is 6.10 Å². The number of hydrogen-bond acceptors (Lipinski definition) is 3. The van der Waals surface area contributed by atoms with Crippen molar-refractivity contribution < 1.29 is 4.74 Å². The van der Waals surface area contributed by atoms with Crippen LogP contribution < -0.4 is 5.32 Å². The van der Waals surface area contributed by atoms with Gasteiger partial charge in [0.2, 0.25) is 0 Å². The van der Waals surface area contributed by atoms with Gasteiger partial charge in [-0.3, -0.25) is 0 Å². The van der Waals surface area contributed by atoms with Crippen LogP contribution in [-0.2, 0) is 4.74 Å². The summed E-state index contributed by atoms with van der Waals surface area (Å²) in [5.41, 5.74) is 0. The Balaban J connectivity index is 1.67. The molecule has 1 saturated carbocycles. The second-order valence-electron chi connectivity index (χ2n) is 4.71. The molecule has 2 fully saturated rings. The highest BCUT2D eigenvalue weighted by molar-refractivity contribution is 7.99. The molecule has 15 heavy (non-hydrogen) atoms. The van der Waals surface area contributed by atoms with Gasteiger partial charge in [-0.1, -0.05) is 6.42 Å². The quantitative estimate of drug-likeness (QED) is 0.800. The average molecular weight is 229 g/mol. The number of ether oxygens (including phenoxy) is 1. The van der Waals surface area contributed by atoms with E-state index in [-0.39, 0.29) is 0 Å². The molecule has 0 aromatic carbocycles. The molecule has 1 saturated heterocycles. The van der Waals surface area contributed by atoms with Crippen molar-refractivity contribution in [2.24, 2.45) is 0 Å². The lowest BCUT2D eigenvalue weighted by Crippen LogP contribution is -2.40. The maximum absolute atomic E-state index is 5.74. The SMILES string of the molecule is CSC1CCCC1NCC1CCCCO1. The minimum absolute atomic E-state index is 0.488. The highest BCUT2D eigenvalue weighted by Crippen LogP contribution is 2.28. The van der Waals surface area contributed by atoms with Gasteiger partial charge in [0.1, 0.15) is 0 Å². The van der Waals surface area contributed by atoms with E-state index in [0.29, 0.717) is 6.10 Å². The van der Waals surface area contributed by atoms with E-state index in [1.807, 2.05) is 11.8 Å². The Kier molecular flexibility index (Phi) is 4.79. The summed E-state index contributed by atoms with van der Waals surface area (Å²) in [6.45, 7) is 2.05. The van der Waals surface area contributed by atoms with E-state index >= 15 is 0 Å². The predicted molar refractivity (Wildman–Crippen MR) is 66.5 cm³/mol. The lowest BCUT2D eigenvalue weighted by atomic mass is 10.1. The Hall–Kier alpha value is 0.270. The fourth-order valence-electron chi connectivity index (χ4n) is 2.69. The molecule has 2 rings (SSSR count). The summed E-state index contributed by atoms with van der Waals surface area (Å²) in [6, 6.07) is 0.741. The van der Waals surface area contributed by atoms with Gasteiger partial charge in [-0.15, -0.1) is 0 Å². The zero-order valence-electron chi connectivity index (χ0n) is 9.71. The van der Waals surface area contributed by atoms with Crippen LogP contribution in [0.2, 0.25) is 0 Å². The average Bonchev–Trinajstić information content (AvgIpc) is 2.75. The molecular formula is C12H23NOS. The largest absolute Gasteiger partial charge is 0.377 e. The van der Waals surface area contributed by atoms with Crippen molar-refractivity contribution in [3.8, 4) is 0 Å². The zero-order chi connectivity index (χ0) is 10.5. The lowest BCUT2D eigenvalue weighted by Gasteiger charge is -2.26. The Morgan fingerprint density at radius 3 is 2.87 bits per heavy atom. The van der Waals surface area contributed by atoms with Crippen LogP contribution in [-0.4, -0.2) is 36.8 Å². The van der Waals surface area contributed by atoms with Gasteiger partial charge in [0.15, 0.2) is 0 Å². The summed E-state index contributed by atoms with van der Waals surface area (Å²) in [6.07, 6.45) is 10.7. The third-order valence-electron chi connectivity index (χ3n) is 3.64. The van der Waals surface area contributed by atoms with E-state index < -0.39 is 0 Å². The molecule has 3 unspecified atom stereocenters. The number of nitrogens with one attached hydrogen (secondary N) is 1. The Morgan fingerprint density at radius 1 is 1.20 bits per heavy atom. The number of hydrogen-bond donors (Lipinski definition) is 1. The standard InChI is InChI=1S/C12H23NOS/c1-15-12-7-4-6-11(12)13-9-10-5-2-3-8-14-10/h10-13H,2-9H2,1H3. The molecule has 2 nitrogen and oxygen atoms in total. The smallest absolute Gasteiger partial charge is 0.0699 e. The van der Waals surface area contributed by atoms with Crippen LogP contribution in [0.15, 0.2) is 0 Å². The summed E-state index contributed by atoms with van der Waals surface area (Å²) < 4.78 is 5.74. The van der Waals surface area contributed by atoms with Crippen LogP contribution in [0.5, 0.6) is 0 Å². The van der Waals surface area contributed by atoms with E-state index in [0.717, 1.165) is 24.4 Å². The zero-order valence-corrected chi connectivity index (χ0v) is 10.5. The molecule has 3 heteroatoms. The molecule has 0 aromatic heterocycles. The molecule has 3 atom stereocenters. The first-order valence-corrected chi connectivity index (χ1v) is 7.56. The molecule has 0 bridgehead atoms. The topological polar surface area (TPSA) is 21.3 Å². The van der Waals surface area contributed by atoms with E-state index in [2.05, 4.69) is 11.6 Å². The maximum atomic E-state index is 5.74. The van der Waals surface area contributed by atoms with Crippen LogP contribution in [0, 0.1) is 0 Å². The van der Waals surface area contributed by atoms with Crippen molar-refractivity contribution in [3.63, 3.8) is 0 Å². The Labute approximate surface area is 97.5 Å². The maximum Gasteiger partial charge on any atom is 0.0699 e. The predicted octanol–water partition coefficient (Wildman–Crippen LogP) is 2.43. The minimum atomic E-state index is 0.488. The summed E-state index contributed by atoms with van der Waals surface area (Å²) in [5.74, 6) is 0. The van der Waals surface area contributed by atoms with Crippen molar-refractivity contribution in [1.29, 1.82) is 0 Å². The summed E-state index contributed by atoms with van der Waals surface area (Å²) in [4.78, 5) is 0. The van der Waals surface area contributed by atoms with Crippen molar-refractivity contribution in [2.45, 2.75) is 55.9 Å². The molecule has 1 N–H and O–H groups in total. The minimum Gasteiger partial charge on any atom is -0.377 e. The van der Waals surface area contributed by atoms with Crippen LogP contribution in [0.25, 0.3) is 0 Å². The fraction of sp³-hybridized carbons (Fsp3) is 1.00. The third-order valence-corrected chi connectivity index (χ3v) is 4.81. The fourth-order valence-corrected chi connectivity index (χ4v) is 3.66. The van der Waals surface area contributed by atoms with Crippen molar-refractivity contribution in [1.82, 2.24) is 5.32 Å². The molecule has 2 aliphatic rings. The molecular weight excluding hydrogens is 206 g/mol. The first-order chi connectivity index (χ1) is 7.40. The Morgan fingerprint density at radius 2 is 2.13 bits per heavy atom. The molecule has 1 aliphatic heterocycles. The van der Waals surface area contributed by atoms with Crippen molar-refractivity contribution in [3.05, 3.63) is 0 Å². The second kappa shape index (κ2) is 6.12. The summed E-state index contributed by atoms with van der Waals surface area (Å²) >= 11 is 2.02. The number of thioether (sulfide) groups is 1. The van der Waals surface area contributed by atoms with Gasteiger partial charge in [0.25, 0.3) is 0 Å². The Bertz CT molecular complexity index is 182. The van der Waals surface area contributed by atoms with E-state index in [4.69, 9.17) is 4.74 Å². The van der Waals surface area contributed by atoms with Crippen molar-refractivity contribution in [2.75, 3.05) is 19.4 Å². The molecule has 1 heterocycles. The highest BCUT2D eigenvalue weighted by atomic mass is 32.2. The van der Waals surface area contributed by atoms with E-state index in [1.54, 1.807) is 0 Å². The molecule has 0 amide bonds. The first-order valence-electron chi connectivity index (χ1n) is 6.28. The highest BCUT2D eigenvalue weighted by Gasteiger charge is 2.26. The van der Waals surface area contributed by atoms with Crippen LogP contribution in [0.3, 0.4) is 0 Å². The summed E-state index contributed by atoms with van der Waals surface area (Å²) in [5, 5.41) is 4.55. The third kappa shape index (κ3) is 3.36.